The van der Waals surface area contributed by atoms with E-state index in [1.54, 1.807) is 0 Å². The normalized spacial score (nSPS) is 13.9. The van der Waals surface area contributed by atoms with Crippen LogP contribution in [0.3, 0.4) is 0 Å². The fraction of sp³-hybridized carbons (Fsp3) is 0.154. The molecule has 1 aliphatic heterocycles. The van der Waals surface area contributed by atoms with E-state index in [1.807, 2.05) is 0 Å². The van der Waals surface area contributed by atoms with Gasteiger partial charge in [-0.25, -0.2) is 9.97 Å². The number of aromatic nitrogens is 2. The van der Waals surface area contributed by atoms with Gasteiger partial charge in [0.15, 0.2) is 6.61 Å². The average molecular weight is 311 g/mol. The highest BCUT2D eigenvalue weighted by molar-refractivity contribution is 5.95. The Morgan fingerprint density at radius 2 is 2.14 bits per heavy atom. The highest BCUT2D eigenvalue weighted by Gasteiger charge is 2.31. The van der Waals surface area contributed by atoms with Crippen LogP contribution in [-0.4, -0.2) is 28.8 Å². The quantitative estimate of drug-likeness (QED) is 0.922. The zero-order valence-electron chi connectivity index (χ0n) is 10.8. The van der Waals surface area contributed by atoms with Crippen molar-refractivity contribution < 1.29 is 27.4 Å². The molecule has 3 heterocycles. The molecule has 0 saturated heterocycles. The van der Waals surface area contributed by atoms with Crippen molar-refractivity contribution in [1.29, 1.82) is 0 Å². The number of carbonyl (C=O) groups is 1. The van der Waals surface area contributed by atoms with Crippen molar-refractivity contribution in [2.75, 3.05) is 11.9 Å². The number of alkyl halides is 3. The molecule has 2 aromatic heterocycles. The Morgan fingerprint density at radius 1 is 1.32 bits per heavy atom. The van der Waals surface area contributed by atoms with Gasteiger partial charge in [0, 0.05) is 17.8 Å². The third-order valence-electron chi connectivity index (χ3n) is 2.70. The maximum absolute atomic E-state index is 12.2. The number of amides is 1. The largest absolute Gasteiger partial charge is 0.574 e. The molecule has 6 nitrogen and oxygen atoms in total. The number of anilines is 1. The summed E-state index contributed by atoms with van der Waals surface area (Å²) in [6, 6.07) is 5.48. The van der Waals surface area contributed by atoms with Gasteiger partial charge >= 0.3 is 6.36 Å². The molecule has 3 rings (SSSR count). The van der Waals surface area contributed by atoms with E-state index in [2.05, 4.69) is 20.0 Å². The molecule has 114 valence electrons. The van der Waals surface area contributed by atoms with Gasteiger partial charge in [-0.3, -0.25) is 4.79 Å². The molecule has 0 aliphatic carbocycles. The van der Waals surface area contributed by atoms with Crippen LogP contribution in [0.1, 0.15) is 0 Å². The molecule has 0 radical (unpaired) electrons. The number of rotatable bonds is 2. The molecule has 1 amide bonds. The first-order chi connectivity index (χ1) is 10.4. The molecule has 9 heteroatoms. The molecular formula is C13H8F3N3O3. The first kappa shape index (κ1) is 14.1. The fourth-order valence-corrected chi connectivity index (χ4v) is 1.87. The standard InChI is InChI=1S/C13H8F3N3O3/c14-13(15,16)22-11-3-1-2-8(19-11)7-4-9-12(17-5-7)21-6-10(20)18-9/h1-5H,6H2,(H,18,20). The third kappa shape index (κ3) is 3.08. The molecule has 0 saturated carbocycles. The fourth-order valence-electron chi connectivity index (χ4n) is 1.87. The highest BCUT2D eigenvalue weighted by Crippen LogP contribution is 2.30. The van der Waals surface area contributed by atoms with Gasteiger partial charge in [0.1, 0.15) is 5.69 Å². The molecule has 0 fully saturated rings. The molecular weight excluding hydrogens is 303 g/mol. The molecule has 1 N–H and O–H groups in total. The van der Waals surface area contributed by atoms with Crippen molar-refractivity contribution in [2.24, 2.45) is 0 Å². The summed E-state index contributed by atoms with van der Waals surface area (Å²) in [7, 11) is 0. The number of halogens is 3. The van der Waals surface area contributed by atoms with Crippen molar-refractivity contribution in [2.45, 2.75) is 6.36 Å². The van der Waals surface area contributed by atoms with E-state index >= 15 is 0 Å². The Balaban J connectivity index is 1.93. The number of hydrogen-bond donors (Lipinski definition) is 1. The molecule has 22 heavy (non-hydrogen) atoms. The predicted molar refractivity (Wildman–Crippen MR) is 68.3 cm³/mol. The zero-order valence-corrected chi connectivity index (χ0v) is 10.8. The second-order valence-corrected chi connectivity index (χ2v) is 4.32. The van der Waals surface area contributed by atoms with Gasteiger partial charge in [0.05, 0.1) is 5.69 Å². The first-order valence-corrected chi connectivity index (χ1v) is 6.06. The molecule has 0 spiro atoms. The number of carbonyl (C=O) groups excluding carboxylic acids is 1. The van der Waals surface area contributed by atoms with Crippen LogP contribution in [0.4, 0.5) is 18.9 Å². The van der Waals surface area contributed by atoms with Gasteiger partial charge < -0.3 is 14.8 Å². The number of hydrogen-bond acceptors (Lipinski definition) is 5. The minimum absolute atomic E-state index is 0.132. The van der Waals surface area contributed by atoms with Gasteiger partial charge in [-0.1, -0.05) is 6.07 Å². The van der Waals surface area contributed by atoms with Crippen LogP contribution >= 0.6 is 0 Å². The molecule has 1 aliphatic rings. The van der Waals surface area contributed by atoms with Crippen LogP contribution in [0, 0.1) is 0 Å². The van der Waals surface area contributed by atoms with Crippen LogP contribution in [-0.2, 0) is 4.79 Å². The van der Waals surface area contributed by atoms with Crippen LogP contribution in [0.15, 0.2) is 30.5 Å². The molecule has 0 atom stereocenters. The lowest BCUT2D eigenvalue weighted by Gasteiger charge is -2.17. The Morgan fingerprint density at radius 3 is 2.91 bits per heavy atom. The lowest BCUT2D eigenvalue weighted by atomic mass is 10.1. The summed E-state index contributed by atoms with van der Waals surface area (Å²) in [4.78, 5) is 19.0. The summed E-state index contributed by atoms with van der Waals surface area (Å²) in [5.74, 6) is -0.678. The van der Waals surface area contributed by atoms with Gasteiger partial charge in [0.25, 0.3) is 5.91 Å². The van der Waals surface area contributed by atoms with E-state index in [9.17, 15) is 18.0 Å². The Hall–Kier alpha value is -2.84. The van der Waals surface area contributed by atoms with Crippen molar-refractivity contribution in [1.82, 2.24) is 9.97 Å². The molecule has 0 bridgehead atoms. The maximum atomic E-state index is 12.2. The van der Waals surface area contributed by atoms with E-state index in [0.717, 1.165) is 6.07 Å². The monoisotopic (exact) mass is 311 g/mol. The van der Waals surface area contributed by atoms with Crippen LogP contribution in [0.5, 0.6) is 11.8 Å². The Labute approximate surface area is 121 Å². The SMILES string of the molecule is O=C1COc2ncc(-c3cccc(OC(F)(F)F)n3)cc2N1. The minimum Gasteiger partial charge on any atom is -0.466 e. The van der Waals surface area contributed by atoms with Gasteiger partial charge in [-0.05, 0) is 12.1 Å². The number of ether oxygens (including phenoxy) is 2. The number of nitrogens with zero attached hydrogens (tertiary/aromatic N) is 2. The van der Waals surface area contributed by atoms with Gasteiger partial charge in [-0.15, -0.1) is 13.2 Å². The topological polar surface area (TPSA) is 73.3 Å². The summed E-state index contributed by atoms with van der Waals surface area (Å²) >= 11 is 0. The van der Waals surface area contributed by atoms with E-state index in [0.29, 0.717) is 11.3 Å². The first-order valence-electron chi connectivity index (χ1n) is 6.06. The summed E-state index contributed by atoms with van der Waals surface area (Å²) in [5, 5.41) is 2.56. The average Bonchev–Trinajstić information content (AvgIpc) is 2.45. The molecule has 0 unspecified atom stereocenters. The third-order valence-corrected chi connectivity index (χ3v) is 2.70. The minimum atomic E-state index is -4.82. The maximum Gasteiger partial charge on any atom is 0.574 e. The molecule has 2 aromatic rings. The lowest BCUT2D eigenvalue weighted by molar-refractivity contribution is -0.276. The number of pyridine rings is 2. The second kappa shape index (κ2) is 5.17. The van der Waals surface area contributed by atoms with Gasteiger partial charge in [0.2, 0.25) is 11.8 Å². The lowest BCUT2D eigenvalue weighted by Crippen LogP contribution is -2.25. The Bertz CT molecular complexity index is 734. The zero-order chi connectivity index (χ0) is 15.7. The van der Waals surface area contributed by atoms with Crippen molar-refractivity contribution in [3.8, 4) is 23.0 Å². The molecule has 0 aromatic carbocycles. The van der Waals surface area contributed by atoms with Crippen LogP contribution in [0.2, 0.25) is 0 Å². The van der Waals surface area contributed by atoms with Crippen molar-refractivity contribution in [3.05, 3.63) is 30.5 Å². The predicted octanol–water partition coefficient (Wildman–Crippen LogP) is 2.37. The van der Waals surface area contributed by atoms with Crippen molar-refractivity contribution >= 4 is 11.6 Å². The second-order valence-electron chi connectivity index (χ2n) is 4.32. The summed E-state index contributed by atoms with van der Waals surface area (Å²) in [6.07, 6.45) is -3.43. The Kier molecular flexibility index (Phi) is 3.32. The summed E-state index contributed by atoms with van der Waals surface area (Å²) < 4.78 is 45.5. The highest BCUT2D eigenvalue weighted by atomic mass is 19.4. The summed E-state index contributed by atoms with van der Waals surface area (Å²) in [5.41, 5.74) is 0.965. The van der Waals surface area contributed by atoms with E-state index in [1.165, 1.54) is 24.4 Å². The van der Waals surface area contributed by atoms with Crippen molar-refractivity contribution in [3.63, 3.8) is 0 Å². The summed E-state index contributed by atoms with van der Waals surface area (Å²) in [6.45, 7) is -0.132. The number of nitrogens with one attached hydrogen (secondary N) is 1. The smallest absolute Gasteiger partial charge is 0.466 e. The number of fused-ring (bicyclic) bond motifs is 1. The van der Waals surface area contributed by atoms with Gasteiger partial charge in [-0.2, -0.15) is 0 Å². The van der Waals surface area contributed by atoms with Crippen LogP contribution in [0.25, 0.3) is 11.3 Å². The van der Waals surface area contributed by atoms with E-state index in [4.69, 9.17) is 4.74 Å². The van der Waals surface area contributed by atoms with E-state index < -0.39 is 12.2 Å². The van der Waals surface area contributed by atoms with Crippen LogP contribution < -0.4 is 14.8 Å². The van der Waals surface area contributed by atoms with E-state index in [-0.39, 0.29) is 24.1 Å².